The molecule has 2 rings (SSSR count). The zero-order valence-electron chi connectivity index (χ0n) is 8.44. The number of halogens is 1. The van der Waals surface area contributed by atoms with Crippen molar-refractivity contribution in [3.05, 3.63) is 34.5 Å². The fraction of sp³-hybridized carbons (Fsp3) is 0.182. The number of ether oxygens (including phenoxy) is 1. The van der Waals surface area contributed by atoms with E-state index in [1.165, 1.54) is 7.11 Å². The number of methoxy groups -OCH3 is 1. The molecule has 1 unspecified atom stereocenters. The monoisotopic (exact) mass is 284 g/mol. The molecule has 5 heteroatoms. The molecule has 4 nitrogen and oxygen atoms in total. The molecule has 0 spiro atoms. The van der Waals surface area contributed by atoms with Crippen molar-refractivity contribution in [2.24, 2.45) is 0 Å². The fourth-order valence-electron chi connectivity index (χ4n) is 1.40. The van der Waals surface area contributed by atoms with Crippen LogP contribution in [0.3, 0.4) is 0 Å². The number of hydrogen-bond donors (Lipinski definition) is 1. The van der Waals surface area contributed by atoms with E-state index < -0.39 is 12.1 Å². The van der Waals surface area contributed by atoms with Crippen LogP contribution in [0.5, 0.6) is 0 Å². The van der Waals surface area contributed by atoms with Crippen molar-refractivity contribution < 1.29 is 19.1 Å². The molecule has 2 aromatic rings. The Bertz CT molecular complexity index is 532. The molecule has 84 valence electrons. The number of aliphatic hydroxyl groups is 1. The summed E-state index contributed by atoms with van der Waals surface area (Å²) in [6.45, 7) is 0. The lowest BCUT2D eigenvalue weighted by Gasteiger charge is -2.03. The van der Waals surface area contributed by atoms with Gasteiger partial charge in [0.2, 0.25) is 6.10 Å². The summed E-state index contributed by atoms with van der Waals surface area (Å²) in [5.41, 5.74) is 0.612. The molecule has 0 aliphatic rings. The predicted molar refractivity (Wildman–Crippen MR) is 60.9 cm³/mol. The molecule has 0 fully saturated rings. The number of hydrogen-bond acceptors (Lipinski definition) is 4. The van der Waals surface area contributed by atoms with Crippen molar-refractivity contribution in [2.75, 3.05) is 7.11 Å². The summed E-state index contributed by atoms with van der Waals surface area (Å²) in [5, 5.41) is 10.4. The number of rotatable bonds is 2. The molecule has 0 radical (unpaired) electrons. The van der Waals surface area contributed by atoms with Gasteiger partial charge in [0.25, 0.3) is 0 Å². The molecular weight excluding hydrogens is 276 g/mol. The maximum atomic E-state index is 11.1. The van der Waals surface area contributed by atoms with Crippen LogP contribution in [-0.4, -0.2) is 18.2 Å². The van der Waals surface area contributed by atoms with Gasteiger partial charge in [-0.05, 0) is 24.3 Å². The maximum Gasteiger partial charge on any atom is 0.342 e. The van der Waals surface area contributed by atoms with Gasteiger partial charge in [-0.15, -0.1) is 0 Å². The van der Waals surface area contributed by atoms with Gasteiger partial charge < -0.3 is 14.3 Å². The van der Waals surface area contributed by atoms with Gasteiger partial charge in [-0.2, -0.15) is 0 Å². The third kappa shape index (κ3) is 1.96. The summed E-state index contributed by atoms with van der Waals surface area (Å²) in [6.07, 6.45) is -1.38. The van der Waals surface area contributed by atoms with Crippen LogP contribution in [0.15, 0.2) is 33.2 Å². The van der Waals surface area contributed by atoms with Crippen LogP contribution >= 0.6 is 15.9 Å². The minimum Gasteiger partial charge on any atom is -0.467 e. The number of fused-ring (bicyclic) bond motifs is 1. The molecule has 0 bridgehead atoms. The number of carbonyl (C=O) groups is 1. The van der Waals surface area contributed by atoms with Crippen LogP contribution in [0.2, 0.25) is 0 Å². The van der Waals surface area contributed by atoms with E-state index in [4.69, 9.17) is 4.42 Å². The summed E-state index contributed by atoms with van der Waals surface area (Å²) in [6, 6.07) is 7.03. The number of aliphatic hydroxyl groups excluding tert-OH is 1. The van der Waals surface area contributed by atoms with E-state index in [1.54, 1.807) is 12.1 Å². The van der Waals surface area contributed by atoms with E-state index in [-0.39, 0.29) is 5.76 Å². The molecule has 0 aliphatic carbocycles. The molecule has 1 N–H and O–H groups in total. The normalized spacial score (nSPS) is 12.7. The molecular formula is C11H9BrO4. The summed E-state index contributed by atoms with van der Waals surface area (Å²) < 4.78 is 10.7. The minimum atomic E-state index is -1.38. The Labute approximate surface area is 99.9 Å². The van der Waals surface area contributed by atoms with Gasteiger partial charge in [0.05, 0.1) is 7.11 Å². The van der Waals surface area contributed by atoms with Crippen LogP contribution in [0.25, 0.3) is 11.0 Å². The SMILES string of the molecule is COC(=O)C(O)c1cc2cc(Br)ccc2o1. The van der Waals surface area contributed by atoms with Gasteiger partial charge in [0, 0.05) is 9.86 Å². The lowest BCUT2D eigenvalue weighted by Crippen LogP contribution is -2.12. The first-order chi connectivity index (χ1) is 7.61. The highest BCUT2D eigenvalue weighted by atomic mass is 79.9. The zero-order chi connectivity index (χ0) is 11.7. The van der Waals surface area contributed by atoms with Crippen molar-refractivity contribution in [1.82, 2.24) is 0 Å². The van der Waals surface area contributed by atoms with Gasteiger partial charge in [0.1, 0.15) is 11.3 Å². The van der Waals surface area contributed by atoms with E-state index in [0.717, 1.165) is 9.86 Å². The predicted octanol–water partition coefficient (Wildman–Crippen LogP) is 2.40. The van der Waals surface area contributed by atoms with Crippen molar-refractivity contribution in [1.29, 1.82) is 0 Å². The Balaban J connectivity index is 2.43. The van der Waals surface area contributed by atoms with Crippen molar-refractivity contribution in [3.8, 4) is 0 Å². The number of carbonyl (C=O) groups excluding carboxylic acids is 1. The van der Waals surface area contributed by atoms with Crippen LogP contribution in [-0.2, 0) is 9.53 Å². The quantitative estimate of drug-likeness (QED) is 0.861. The van der Waals surface area contributed by atoms with Crippen LogP contribution in [0, 0.1) is 0 Å². The Kier molecular flexibility index (Phi) is 2.98. The Morgan fingerprint density at radius 2 is 2.25 bits per heavy atom. The van der Waals surface area contributed by atoms with Crippen molar-refractivity contribution in [2.45, 2.75) is 6.10 Å². The topological polar surface area (TPSA) is 59.7 Å². The first-order valence-corrected chi connectivity index (χ1v) is 5.36. The average Bonchev–Trinajstić information content (AvgIpc) is 2.69. The number of esters is 1. The molecule has 0 saturated carbocycles. The average molecular weight is 285 g/mol. The lowest BCUT2D eigenvalue weighted by atomic mass is 10.2. The highest BCUT2D eigenvalue weighted by Crippen LogP contribution is 2.26. The molecule has 0 saturated heterocycles. The van der Waals surface area contributed by atoms with Gasteiger partial charge in [-0.1, -0.05) is 15.9 Å². The molecule has 16 heavy (non-hydrogen) atoms. The summed E-state index contributed by atoms with van der Waals surface area (Å²) in [4.78, 5) is 11.1. The van der Waals surface area contributed by atoms with Gasteiger partial charge in [-0.25, -0.2) is 4.79 Å². The minimum absolute atomic E-state index is 0.181. The van der Waals surface area contributed by atoms with E-state index in [2.05, 4.69) is 20.7 Å². The second-order valence-corrected chi connectivity index (χ2v) is 4.17. The van der Waals surface area contributed by atoms with Gasteiger partial charge >= 0.3 is 5.97 Å². The lowest BCUT2D eigenvalue weighted by molar-refractivity contribution is -0.151. The molecule has 1 aromatic heterocycles. The molecule has 1 aromatic carbocycles. The Hall–Kier alpha value is -1.33. The van der Waals surface area contributed by atoms with Crippen LogP contribution in [0.1, 0.15) is 11.9 Å². The summed E-state index contributed by atoms with van der Waals surface area (Å²) in [5.74, 6) is -0.557. The Morgan fingerprint density at radius 1 is 1.50 bits per heavy atom. The van der Waals surface area contributed by atoms with Crippen molar-refractivity contribution >= 4 is 32.9 Å². The van der Waals surface area contributed by atoms with E-state index in [9.17, 15) is 9.90 Å². The Morgan fingerprint density at radius 3 is 2.94 bits per heavy atom. The maximum absolute atomic E-state index is 11.1. The second kappa shape index (κ2) is 4.27. The standard InChI is InChI=1S/C11H9BrO4/c1-15-11(14)10(13)9-5-6-4-7(12)2-3-8(6)16-9/h2-5,10,13H,1H3. The number of furan rings is 1. The summed E-state index contributed by atoms with van der Waals surface area (Å²) >= 11 is 3.33. The molecule has 0 amide bonds. The largest absolute Gasteiger partial charge is 0.467 e. The second-order valence-electron chi connectivity index (χ2n) is 3.26. The van der Waals surface area contributed by atoms with Crippen LogP contribution < -0.4 is 0 Å². The number of benzene rings is 1. The molecule has 1 heterocycles. The highest BCUT2D eigenvalue weighted by Gasteiger charge is 2.22. The van der Waals surface area contributed by atoms with E-state index in [1.807, 2.05) is 12.1 Å². The third-order valence-electron chi connectivity index (χ3n) is 2.19. The van der Waals surface area contributed by atoms with Gasteiger partial charge in [-0.3, -0.25) is 0 Å². The molecule has 1 atom stereocenters. The zero-order valence-corrected chi connectivity index (χ0v) is 10.0. The van der Waals surface area contributed by atoms with Gasteiger partial charge in [0.15, 0.2) is 0 Å². The van der Waals surface area contributed by atoms with Crippen molar-refractivity contribution in [3.63, 3.8) is 0 Å². The third-order valence-corrected chi connectivity index (χ3v) is 2.68. The molecule has 0 aliphatic heterocycles. The van der Waals surface area contributed by atoms with E-state index >= 15 is 0 Å². The highest BCUT2D eigenvalue weighted by molar-refractivity contribution is 9.10. The fourth-order valence-corrected chi connectivity index (χ4v) is 1.78. The van der Waals surface area contributed by atoms with Crippen LogP contribution in [0.4, 0.5) is 0 Å². The first kappa shape index (κ1) is 11.2. The first-order valence-electron chi connectivity index (χ1n) is 4.56. The smallest absolute Gasteiger partial charge is 0.342 e. The van der Waals surface area contributed by atoms with E-state index in [0.29, 0.717) is 5.58 Å². The summed E-state index contributed by atoms with van der Waals surface area (Å²) in [7, 11) is 1.21.